The Morgan fingerprint density at radius 2 is 1.97 bits per heavy atom. The van der Waals surface area contributed by atoms with E-state index in [9.17, 15) is 9.59 Å². The lowest BCUT2D eigenvalue weighted by molar-refractivity contribution is -0.140. The number of carbonyl (C=O) groups is 2. The van der Waals surface area contributed by atoms with Gasteiger partial charge in [-0.3, -0.25) is 9.59 Å². The third-order valence-corrected chi connectivity index (χ3v) is 9.05. The molecule has 0 aromatic rings. The first kappa shape index (κ1) is 23.3. The zero-order valence-electron chi connectivity index (χ0n) is 20.7. The highest BCUT2D eigenvalue weighted by molar-refractivity contribution is 6.70. The highest BCUT2D eigenvalue weighted by Gasteiger charge is 2.56. The van der Waals surface area contributed by atoms with Crippen LogP contribution in [-0.4, -0.2) is 26.7 Å². The average molecular weight is 455 g/mol. The lowest BCUT2D eigenvalue weighted by atomic mass is 9.53. The second-order valence-electron chi connectivity index (χ2n) is 11.6. The number of ketones is 1. The molecule has 32 heavy (non-hydrogen) atoms. The molecule has 2 saturated carbocycles. The molecule has 5 atom stereocenters. The Bertz CT molecular complexity index is 963. The highest BCUT2D eigenvalue weighted by Crippen LogP contribution is 2.65. The van der Waals surface area contributed by atoms with E-state index in [1.54, 1.807) is 6.08 Å². The van der Waals surface area contributed by atoms with Gasteiger partial charge >= 0.3 is 5.97 Å². The van der Waals surface area contributed by atoms with Crippen molar-refractivity contribution in [1.82, 2.24) is 0 Å². The van der Waals surface area contributed by atoms with Crippen LogP contribution in [0, 0.1) is 28.6 Å². The fraction of sp³-hybridized carbons (Fsp3) is 0.630. The summed E-state index contributed by atoms with van der Waals surface area (Å²) in [6.07, 6.45) is 12.4. The van der Waals surface area contributed by atoms with Crippen molar-refractivity contribution in [3.05, 3.63) is 46.8 Å². The lowest BCUT2D eigenvalue weighted by Crippen LogP contribution is -2.42. The third kappa shape index (κ3) is 3.87. The van der Waals surface area contributed by atoms with E-state index in [4.69, 9.17) is 9.16 Å². The molecule has 2 fully saturated rings. The van der Waals surface area contributed by atoms with Crippen LogP contribution in [0.25, 0.3) is 0 Å². The Labute approximate surface area is 194 Å². The molecular formula is C27H38O4Si. The van der Waals surface area contributed by atoms with E-state index in [0.29, 0.717) is 17.8 Å². The summed E-state index contributed by atoms with van der Waals surface area (Å²) in [4.78, 5) is 23.6. The van der Waals surface area contributed by atoms with Gasteiger partial charge in [0.1, 0.15) is 12.4 Å². The molecule has 0 bridgehead atoms. The average Bonchev–Trinajstić information content (AvgIpc) is 2.95. The number of esters is 1. The van der Waals surface area contributed by atoms with Gasteiger partial charge in [-0.05, 0) is 93.1 Å². The predicted octanol–water partition coefficient (Wildman–Crippen LogP) is 6.13. The molecule has 174 valence electrons. The summed E-state index contributed by atoms with van der Waals surface area (Å²) in [7, 11) is -1.87. The molecule has 0 radical (unpaired) electrons. The fourth-order valence-electron chi connectivity index (χ4n) is 6.98. The van der Waals surface area contributed by atoms with Gasteiger partial charge in [0, 0.05) is 12.3 Å². The first-order valence-electron chi connectivity index (χ1n) is 12.1. The highest BCUT2D eigenvalue weighted by atomic mass is 28.4. The van der Waals surface area contributed by atoms with Gasteiger partial charge in [-0.1, -0.05) is 37.1 Å². The van der Waals surface area contributed by atoms with E-state index in [1.807, 2.05) is 6.08 Å². The standard InChI is InChI=1S/C27H38O4Si/c1-17-14-23-21-9-8-19-15-20(29)10-12-26(19,3)22(21)11-13-27(23,4)25(17)24(16-30-18(2)28)31-32(5,6)7/h10-12,15,17,21,23H,8-9,13-14,16H2,1-7H3/b25-24+/t17-,21-,23+,26+,27+/m1/s1. The van der Waals surface area contributed by atoms with Crippen LogP contribution < -0.4 is 0 Å². The summed E-state index contributed by atoms with van der Waals surface area (Å²) in [6, 6.07) is 0. The van der Waals surface area contributed by atoms with E-state index in [2.05, 4.69) is 52.6 Å². The predicted molar refractivity (Wildman–Crippen MR) is 129 cm³/mol. The van der Waals surface area contributed by atoms with Gasteiger partial charge in [0.2, 0.25) is 8.32 Å². The monoisotopic (exact) mass is 454 g/mol. The number of ether oxygens (including phenoxy) is 1. The van der Waals surface area contributed by atoms with Crippen LogP contribution in [0.4, 0.5) is 0 Å². The molecule has 4 aliphatic carbocycles. The summed E-state index contributed by atoms with van der Waals surface area (Å²) in [5.74, 6) is 2.20. The van der Waals surface area contributed by atoms with E-state index in [0.717, 1.165) is 31.4 Å². The molecule has 5 heteroatoms. The molecule has 4 aliphatic rings. The molecule has 0 unspecified atom stereocenters. The molecule has 0 heterocycles. The summed E-state index contributed by atoms with van der Waals surface area (Å²) >= 11 is 0. The molecule has 4 rings (SSSR count). The van der Waals surface area contributed by atoms with Crippen LogP contribution in [0.5, 0.6) is 0 Å². The molecule has 0 saturated heterocycles. The number of hydrogen-bond donors (Lipinski definition) is 0. The molecule has 0 aliphatic heterocycles. The quantitative estimate of drug-likeness (QED) is 0.222. The van der Waals surface area contributed by atoms with Gasteiger partial charge in [-0.2, -0.15) is 0 Å². The van der Waals surface area contributed by atoms with Crippen molar-refractivity contribution >= 4 is 20.1 Å². The molecule has 0 aromatic heterocycles. The van der Waals surface area contributed by atoms with Crippen LogP contribution in [0.15, 0.2) is 46.8 Å². The first-order chi connectivity index (χ1) is 14.8. The van der Waals surface area contributed by atoms with Gasteiger partial charge in [0.05, 0.1) is 0 Å². The topological polar surface area (TPSA) is 52.6 Å². The van der Waals surface area contributed by atoms with E-state index < -0.39 is 8.32 Å². The summed E-state index contributed by atoms with van der Waals surface area (Å²) < 4.78 is 12.0. The number of allylic oxidation sites excluding steroid dienone is 7. The molecule has 0 N–H and O–H groups in total. The fourth-order valence-corrected chi connectivity index (χ4v) is 7.89. The van der Waals surface area contributed by atoms with E-state index >= 15 is 0 Å². The molecular weight excluding hydrogens is 416 g/mol. The van der Waals surface area contributed by atoms with Gasteiger partial charge in [0.25, 0.3) is 0 Å². The largest absolute Gasteiger partial charge is 0.545 e. The van der Waals surface area contributed by atoms with Gasteiger partial charge in [-0.15, -0.1) is 0 Å². The minimum Gasteiger partial charge on any atom is -0.545 e. The first-order valence-corrected chi connectivity index (χ1v) is 15.5. The third-order valence-electron chi connectivity index (χ3n) is 8.19. The number of rotatable bonds is 4. The summed E-state index contributed by atoms with van der Waals surface area (Å²) in [6.45, 7) is 15.3. The van der Waals surface area contributed by atoms with E-state index in [1.165, 1.54) is 23.6 Å². The lowest BCUT2D eigenvalue weighted by Gasteiger charge is -2.51. The van der Waals surface area contributed by atoms with Gasteiger partial charge < -0.3 is 9.16 Å². The van der Waals surface area contributed by atoms with Crippen molar-refractivity contribution in [3.8, 4) is 0 Å². The number of hydrogen-bond acceptors (Lipinski definition) is 4. The van der Waals surface area contributed by atoms with Crippen molar-refractivity contribution in [2.24, 2.45) is 28.6 Å². The normalized spacial score (nSPS) is 37.6. The smallest absolute Gasteiger partial charge is 0.303 e. The second-order valence-corrected chi connectivity index (χ2v) is 16.0. The second kappa shape index (κ2) is 7.86. The van der Waals surface area contributed by atoms with Crippen LogP contribution in [-0.2, 0) is 18.8 Å². The van der Waals surface area contributed by atoms with Crippen molar-refractivity contribution in [2.75, 3.05) is 6.61 Å². The minimum absolute atomic E-state index is 0.00843. The van der Waals surface area contributed by atoms with Gasteiger partial charge in [-0.25, -0.2) is 0 Å². The Kier molecular flexibility index (Phi) is 5.72. The molecule has 0 aromatic carbocycles. The number of fused-ring (bicyclic) bond motifs is 5. The zero-order valence-corrected chi connectivity index (χ0v) is 21.7. The van der Waals surface area contributed by atoms with Crippen LogP contribution in [0.1, 0.15) is 53.4 Å². The molecule has 4 nitrogen and oxygen atoms in total. The Balaban J connectivity index is 1.76. The maximum atomic E-state index is 12.0. The Morgan fingerprint density at radius 3 is 2.62 bits per heavy atom. The minimum atomic E-state index is -1.87. The van der Waals surface area contributed by atoms with Crippen LogP contribution >= 0.6 is 0 Å². The number of carbonyl (C=O) groups excluding carboxylic acids is 2. The summed E-state index contributed by atoms with van der Waals surface area (Å²) in [5, 5.41) is 0. The Hall–Kier alpha value is -1.88. The van der Waals surface area contributed by atoms with E-state index in [-0.39, 0.29) is 29.2 Å². The molecule has 0 amide bonds. The SMILES string of the molecule is CC(=O)OC/C(O[Si](C)(C)C)=C1/[C@H](C)C[C@H]2[C@@H]3CCC4=CC(=O)C=C[C@]4(C)C3=CC[C@]12C. The Morgan fingerprint density at radius 1 is 1.25 bits per heavy atom. The van der Waals surface area contributed by atoms with Gasteiger partial charge in [0.15, 0.2) is 5.78 Å². The maximum absolute atomic E-state index is 12.0. The van der Waals surface area contributed by atoms with Crippen LogP contribution in [0.3, 0.4) is 0 Å². The van der Waals surface area contributed by atoms with Crippen molar-refractivity contribution in [2.45, 2.75) is 73.0 Å². The van der Waals surface area contributed by atoms with Crippen molar-refractivity contribution in [3.63, 3.8) is 0 Å². The molecule has 0 spiro atoms. The zero-order chi connectivity index (χ0) is 23.5. The summed E-state index contributed by atoms with van der Waals surface area (Å²) in [5.41, 5.74) is 4.03. The van der Waals surface area contributed by atoms with Crippen molar-refractivity contribution in [1.29, 1.82) is 0 Å². The maximum Gasteiger partial charge on any atom is 0.303 e. The van der Waals surface area contributed by atoms with Crippen LogP contribution in [0.2, 0.25) is 19.6 Å². The van der Waals surface area contributed by atoms with Crippen molar-refractivity contribution < 1.29 is 18.8 Å².